The zero-order chi connectivity index (χ0) is 13.8. The van der Waals surface area contributed by atoms with Gasteiger partial charge in [-0.25, -0.2) is 0 Å². The summed E-state index contributed by atoms with van der Waals surface area (Å²) in [4.78, 5) is 5.66. The number of nitrogens with zero attached hydrogens (tertiary/aromatic N) is 1. The van der Waals surface area contributed by atoms with E-state index in [9.17, 15) is 0 Å². The van der Waals surface area contributed by atoms with Crippen LogP contribution in [0, 0.1) is 6.92 Å². The average Bonchev–Trinajstić information content (AvgIpc) is 2.75. The van der Waals surface area contributed by atoms with Gasteiger partial charge < -0.3 is 5.32 Å². The van der Waals surface area contributed by atoms with Gasteiger partial charge in [-0.1, -0.05) is 6.92 Å². The number of aryl methyl sites for hydroxylation is 1. The SMILES string of the molecule is CCNC1CCN(C(C)Cc2ccc(C)s2)C(C)C1. The zero-order valence-corrected chi connectivity index (χ0v) is 13.6. The molecule has 1 aromatic rings. The summed E-state index contributed by atoms with van der Waals surface area (Å²) < 4.78 is 0. The van der Waals surface area contributed by atoms with Crippen molar-refractivity contribution in [3.05, 3.63) is 21.9 Å². The third kappa shape index (κ3) is 4.04. The minimum absolute atomic E-state index is 0.663. The van der Waals surface area contributed by atoms with E-state index in [0.29, 0.717) is 12.1 Å². The summed E-state index contributed by atoms with van der Waals surface area (Å²) in [5.41, 5.74) is 0. The van der Waals surface area contributed by atoms with Crippen LogP contribution >= 0.6 is 11.3 Å². The first-order chi connectivity index (χ1) is 9.10. The normalized spacial score (nSPS) is 26.5. The van der Waals surface area contributed by atoms with Crippen LogP contribution in [0.3, 0.4) is 0 Å². The van der Waals surface area contributed by atoms with Gasteiger partial charge in [0.05, 0.1) is 0 Å². The Labute approximate surface area is 122 Å². The predicted molar refractivity (Wildman–Crippen MR) is 85.1 cm³/mol. The van der Waals surface area contributed by atoms with Crippen molar-refractivity contribution in [1.82, 2.24) is 10.2 Å². The van der Waals surface area contributed by atoms with Gasteiger partial charge in [-0.2, -0.15) is 0 Å². The first kappa shape index (κ1) is 15.0. The van der Waals surface area contributed by atoms with E-state index in [-0.39, 0.29) is 0 Å². The standard InChI is InChI=1S/C16H28N2S/c1-5-17-15-8-9-18(12(2)10-15)13(3)11-16-7-6-14(4)19-16/h6-7,12-13,15,17H,5,8-11H2,1-4H3. The number of hydrogen-bond acceptors (Lipinski definition) is 3. The molecule has 3 atom stereocenters. The molecule has 0 aliphatic carbocycles. The second-order valence-electron chi connectivity index (χ2n) is 5.93. The van der Waals surface area contributed by atoms with Gasteiger partial charge in [-0.15, -0.1) is 11.3 Å². The Bertz CT molecular complexity index is 388. The lowest BCUT2D eigenvalue weighted by Crippen LogP contribution is -2.51. The molecule has 1 aromatic heterocycles. The molecule has 0 spiro atoms. The van der Waals surface area contributed by atoms with Crippen LogP contribution < -0.4 is 5.32 Å². The second kappa shape index (κ2) is 6.87. The quantitative estimate of drug-likeness (QED) is 0.888. The summed E-state index contributed by atoms with van der Waals surface area (Å²) in [5.74, 6) is 0. The molecule has 2 nitrogen and oxygen atoms in total. The number of likely N-dealkylation sites (tertiary alicyclic amines) is 1. The molecule has 1 N–H and O–H groups in total. The van der Waals surface area contributed by atoms with Crippen LogP contribution in [-0.4, -0.2) is 36.1 Å². The van der Waals surface area contributed by atoms with E-state index >= 15 is 0 Å². The molecule has 3 unspecified atom stereocenters. The molecular weight excluding hydrogens is 252 g/mol. The molecule has 0 amide bonds. The topological polar surface area (TPSA) is 15.3 Å². The van der Waals surface area contributed by atoms with Gasteiger partial charge in [-0.05, 0) is 58.7 Å². The van der Waals surface area contributed by atoms with E-state index in [0.717, 1.165) is 12.6 Å². The lowest BCUT2D eigenvalue weighted by Gasteiger charge is -2.41. The lowest BCUT2D eigenvalue weighted by atomic mass is 9.96. The largest absolute Gasteiger partial charge is 0.314 e. The molecule has 0 bridgehead atoms. The van der Waals surface area contributed by atoms with Crippen LogP contribution in [0.25, 0.3) is 0 Å². The van der Waals surface area contributed by atoms with Crippen LogP contribution in [0.15, 0.2) is 12.1 Å². The van der Waals surface area contributed by atoms with E-state index in [1.54, 1.807) is 0 Å². The molecule has 0 radical (unpaired) electrons. The van der Waals surface area contributed by atoms with E-state index in [4.69, 9.17) is 0 Å². The van der Waals surface area contributed by atoms with Gasteiger partial charge >= 0.3 is 0 Å². The molecule has 0 saturated carbocycles. The van der Waals surface area contributed by atoms with E-state index in [2.05, 4.69) is 50.0 Å². The van der Waals surface area contributed by atoms with Crippen molar-refractivity contribution in [2.24, 2.45) is 0 Å². The van der Waals surface area contributed by atoms with E-state index in [1.165, 1.54) is 35.6 Å². The van der Waals surface area contributed by atoms with Crippen LogP contribution in [0.1, 0.15) is 43.4 Å². The Morgan fingerprint density at radius 2 is 2.26 bits per heavy atom. The molecule has 2 heterocycles. The van der Waals surface area contributed by atoms with E-state index in [1.807, 2.05) is 11.3 Å². The van der Waals surface area contributed by atoms with Crippen molar-refractivity contribution >= 4 is 11.3 Å². The van der Waals surface area contributed by atoms with Crippen LogP contribution in [0.2, 0.25) is 0 Å². The van der Waals surface area contributed by atoms with Gasteiger partial charge in [-0.3, -0.25) is 4.90 Å². The molecule has 108 valence electrons. The second-order valence-corrected chi connectivity index (χ2v) is 7.30. The summed E-state index contributed by atoms with van der Waals surface area (Å²) in [6.45, 7) is 11.5. The highest BCUT2D eigenvalue weighted by Gasteiger charge is 2.28. The summed E-state index contributed by atoms with van der Waals surface area (Å²) in [6, 6.07) is 6.64. The van der Waals surface area contributed by atoms with Crippen molar-refractivity contribution in [2.75, 3.05) is 13.1 Å². The Balaban J connectivity index is 1.87. The minimum Gasteiger partial charge on any atom is -0.314 e. The van der Waals surface area contributed by atoms with Crippen LogP contribution in [0.5, 0.6) is 0 Å². The van der Waals surface area contributed by atoms with Crippen molar-refractivity contribution in [3.63, 3.8) is 0 Å². The number of rotatable bonds is 5. The third-order valence-corrected chi connectivity index (χ3v) is 5.30. The summed E-state index contributed by atoms with van der Waals surface area (Å²) >= 11 is 1.95. The molecule has 1 fully saturated rings. The Morgan fingerprint density at radius 3 is 2.84 bits per heavy atom. The Hall–Kier alpha value is -0.380. The number of thiophene rings is 1. The predicted octanol–water partition coefficient (Wildman–Crippen LogP) is 3.45. The van der Waals surface area contributed by atoms with Crippen molar-refractivity contribution in [2.45, 2.75) is 65.1 Å². The van der Waals surface area contributed by atoms with Gasteiger partial charge in [0.25, 0.3) is 0 Å². The summed E-state index contributed by atoms with van der Waals surface area (Å²) in [6.07, 6.45) is 3.79. The molecule has 1 aliphatic heterocycles. The van der Waals surface area contributed by atoms with Crippen LogP contribution in [-0.2, 0) is 6.42 Å². The van der Waals surface area contributed by atoms with Gasteiger partial charge in [0.2, 0.25) is 0 Å². The Kier molecular flexibility index (Phi) is 5.43. The fourth-order valence-corrected chi connectivity index (χ4v) is 4.33. The minimum atomic E-state index is 0.663. The molecule has 0 aromatic carbocycles. The first-order valence-corrected chi connectivity index (χ1v) is 8.46. The molecule has 3 heteroatoms. The number of hydrogen-bond donors (Lipinski definition) is 1. The number of nitrogens with one attached hydrogen (secondary N) is 1. The molecule has 1 aliphatic rings. The fraction of sp³-hybridized carbons (Fsp3) is 0.750. The fourth-order valence-electron chi connectivity index (χ4n) is 3.32. The maximum Gasteiger partial charge on any atom is 0.0118 e. The number of piperidine rings is 1. The summed E-state index contributed by atoms with van der Waals surface area (Å²) in [5, 5.41) is 3.60. The molecule has 2 rings (SSSR count). The van der Waals surface area contributed by atoms with Crippen molar-refractivity contribution < 1.29 is 0 Å². The van der Waals surface area contributed by atoms with Gasteiger partial charge in [0.1, 0.15) is 0 Å². The van der Waals surface area contributed by atoms with Crippen LogP contribution in [0.4, 0.5) is 0 Å². The lowest BCUT2D eigenvalue weighted by molar-refractivity contribution is 0.0963. The van der Waals surface area contributed by atoms with Gasteiger partial charge in [0, 0.05) is 34.4 Å². The smallest absolute Gasteiger partial charge is 0.0118 e. The molecular formula is C16H28N2S. The summed E-state index contributed by atoms with van der Waals surface area (Å²) in [7, 11) is 0. The van der Waals surface area contributed by atoms with Crippen molar-refractivity contribution in [1.29, 1.82) is 0 Å². The zero-order valence-electron chi connectivity index (χ0n) is 12.8. The maximum atomic E-state index is 3.60. The monoisotopic (exact) mass is 280 g/mol. The Morgan fingerprint density at radius 1 is 1.47 bits per heavy atom. The highest BCUT2D eigenvalue weighted by atomic mass is 32.1. The average molecular weight is 280 g/mol. The highest BCUT2D eigenvalue weighted by molar-refractivity contribution is 7.11. The van der Waals surface area contributed by atoms with Gasteiger partial charge in [0.15, 0.2) is 0 Å². The molecule has 1 saturated heterocycles. The van der Waals surface area contributed by atoms with E-state index < -0.39 is 0 Å². The highest BCUT2D eigenvalue weighted by Crippen LogP contribution is 2.24. The third-order valence-electron chi connectivity index (χ3n) is 4.28. The first-order valence-electron chi connectivity index (χ1n) is 7.64. The van der Waals surface area contributed by atoms with Crippen molar-refractivity contribution in [3.8, 4) is 0 Å². The molecule has 19 heavy (non-hydrogen) atoms. The maximum absolute atomic E-state index is 3.60.